The van der Waals surface area contributed by atoms with Gasteiger partial charge in [0.25, 0.3) is 5.91 Å². The standard InChI is InChI=1S/C13H10F3N3O2S/c14-7-4-3-6(9(15)10(7)16)11(20)17-13-19-18-12(22-13)8-2-1-5-21-8/h3-4,8H,1-2,5H2,(H,17,19,20). The molecular weight excluding hydrogens is 319 g/mol. The minimum atomic E-state index is -1.69. The van der Waals surface area contributed by atoms with Gasteiger partial charge in [-0.3, -0.25) is 10.1 Å². The highest BCUT2D eigenvalue weighted by molar-refractivity contribution is 7.15. The average molecular weight is 329 g/mol. The molecule has 116 valence electrons. The van der Waals surface area contributed by atoms with E-state index in [9.17, 15) is 18.0 Å². The van der Waals surface area contributed by atoms with Crippen LogP contribution in [0, 0.1) is 17.5 Å². The molecule has 1 aromatic heterocycles. The molecule has 1 aliphatic rings. The molecule has 0 saturated carbocycles. The highest BCUT2D eigenvalue weighted by atomic mass is 32.1. The third kappa shape index (κ3) is 2.81. The van der Waals surface area contributed by atoms with E-state index in [1.54, 1.807) is 0 Å². The molecule has 1 N–H and O–H groups in total. The second kappa shape index (κ2) is 6.01. The van der Waals surface area contributed by atoms with Crippen molar-refractivity contribution >= 4 is 22.4 Å². The molecule has 22 heavy (non-hydrogen) atoms. The number of nitrogens with zero attached hydrogens (tertiary/aromatic N) is 2. The Morgan fingerprint density at radius 2 is 2.09 bits per heavy atom. The number of benzene rings is 1. The van der Waals surface area contributed by atoms with Crippen LogP contribution in [0.4, 0.5) is 18.3 Å². The molecule has 0 radical (unpaired) electrons. The molecule has 0 aliphatic carbocycles. The van der Waals surface area contributed by atoms with Gasteiger partial charge in [0.1, 0.15) is 11.1 Å². The summed E-state index contributed by atoms with van der Waals surface area (Å²) >= 11 is 1.10. The van der Waals surface area contributed by atoms with Crippen molar-refractivity contribution in [1.29, 1.82) is 0 Å². The lowest BCUT2D eigenvalue weighted by Crippen LogP contribution is -2.15. The zero-order valence-corrected chi connectivity index (χ0v) is 11.9. The number of nitrogens with one attached hydrogen (secondary N) is 1. The predicted molar refractivity (Wildman–Crippen MR) is 72.1 cm³/mol. The highest BCUT2D eigenvalue weighted by Crippen LogP contribution is 2.32. The molecule has 1 aromatic carbocycles. The largest absolute Gasteiger partial charge is 0.371 e. The van der Waals surface area contributed by atoms with Gasteiger partial charge in [-0.05, 0) is 25.0 Å². The van der Waals surface area contributed by atoms with Gasteiger partial charge in [0.2, 0.25) is 5.13 Å². The summed E-state index contributed by atoms with van der Waals surface area (Å²) in [5.41, 5.74) is -0.604. The van der Waals surface area contributed by atoms with Gasteiger partial charge in [-0.2, -0.15) is 0 Å². The van der Waals surface area contributed by atoms with Crippen molar-refractivity contribution in [3.63, 3.8) is 0 Å². The van der Waals surface area contributed by atoms with Crippen molar-refractivity contribution in [2.75, 3.05) is 11.9 Å². The van der Waals surface area contributed by atoms with Crippen LogP contribution in [-0.2, 0) is 4.74 Å². The fourth-order valence-corrected chi connectivity index (χ4v) is 2.88. The van der Waals surface area contributed by atoms with Crippen LogP contribution in [0.15, 0.2) is 12.1 Å². The van der Waals surface area contributed by atoms with E-state index in [1.807, 2.05) is 0 Å². The Morgan fingerprint density at radius 1 is 1.27 bits per heavy atom. The minimum absolute atomic E-state index is 0.139. The van der Waals surface area contributed by atoms with Gasteiger partial charge in [0, 0.05) is 6.61 Å². The molecular formula is C13H10F3N3O2S. The van der Waals surface area contributed by atoms with Crippen LogP contribution in [-0.4, -0.2) is 22.7 Å². The molecule has 2 aromatic rings. The molecule has 1 atom stereocenters. The van der Waals surface area contributed by atoms with Crippen LogP contribution >= 0.6 is 11.3 Å². The Bertz CT molecular complexity index is 717. The van der Waals surface area contributed by atoms with Crippen LogP contribution in [0.5, 0.6) is 0 Å². The number of ether oxygens (including phenoxy) is 1. The summed E-state index contributed by atoms with van der Waals surface area (Å²) in [6.45, 7) is 0.645. The number of aromatic nitrogens is 2. The maximum atomic E-state index is 13.5. The van der Waals surface area contributed by atoms with Crippen LogP contribution in [0.1, 0.15) is 34.3 Å². The smallest absolute Gasteiger partial charge is 0.260 e. The maximum Gasteiger partial charge on any atom is 0.260 e. The lowest BCUT2D eigenvalue weighted by Gasteiger charge is -2.04. The Labute approximate surface area is 127 Å². The number of hydrogen-bond donors (Lipinski definition) is 1. The lowest BCUT2D eigenvalue weighted by atomic mass is 10.2. The summed E-state index contributed by atoms with van der Waals surface area (Å²) in [7, 11) is 0. The van der Waals surface area contributed by atoms with Crippen molar-refractivity contribution in [3.05, 3.63) is 40.2 Å². The van der Waals surface area contributed by atoms with Gasteiger partial charge >= 0.3 is 0 Å². The summed E-state index contributed by atoms with van der Waals surface area (Å²) in [6, 6.07) is 1.55. The highest BCUT2D eigenvalue weighted by Gasteiger charge is 2.23. The number of anilines is 1. The van der Waals surface area contributed by atoms with Gasteiger partial charge in [0.15, 0.2) is 17.5 Å². The lowest BCUT2D eigenvalue weighted by molar-refractivity contribution is 0.102. The molecule has 0 spiro atoms. The summed E-state index contributed by atoms with van der Waals surface area (Å²) in [4.78, 5) is 11.9. The monoisotopic (exact) mass is 329 g/mol. The molecule has 0 bridgehead atoms. The summed E-state index contributed by atoms with van der Waals surface area (Å²) in [6.07, 6.45) is 1.59. The summed E-state index contributed by atoms with van der Waals surface area (Å²) in [5, 5.41) is 10.7. The van der Waals surface area contributed by atoms with Crippen LogP contribution in [0.2, 0.25) is 0 Å². The van der Waals surface area contributed by atoms with E-state index in [2.05, 4.69) is 15.5 Å². The van der Waals surface area contributed by atoms with E-state index >= 15 is 0 Å². The molecule has 5 nitrogen and oxygen atoms in total. The van der Waals surface area contributed by atoms with E-state index in [-0.39, 0.29) is 11.2 Å². The number of amides is 1. The van der Waals surface area contributed by atoms with Gasteiger partial charge in [-0.25, -0.2) is 13.2 Å². The van der Waals surface area contributed by atoms with Crippen molar-refractivity contribution in [2.24, 2.45) is 0 Å². The SMILES string of the molecule is O=C(Nc1nnc(C2CCCO2)s1)c1ccc(F)c(F)c1F. The van der Waals surface area contributed by atoms with Gasteiger partial charge < -0.3 is 4.74 Å². The van der Waals surface area contributed by atoms with E-state index < -0.39 is 28.9 Å². The first-order valence-corrected chi connectivity index (χ1v) is 7.28. The molecule has 3 rings (SSSR count). The first-order valence-electron chi connectivity index (χ1n) is 6.46. The van der Waals surface area contributed by atoms with Crippen molar-refractivity contribution in [2.45, 2.75) is 18.9 Å². The molecule has 9 heteroatoms. The second-order valence-corrected chi connectivity index (χ2v) is 5.63. The molecule has 1 unspecified atom stereocenters. The van der Waals surface area contributed by atoms with E-state index in [1.165, 1.54) is 0 Å². The Morgan fingerprint density at radius 3 is 2.82 bits per heavy atom. The van der Waals surface area contributed by atoms with Crippen molar-refractivity contribution < 1.29 is 22.7 Å². The Hall–Kier alpha value is -2.00. The van der Waals surface area contributed by atoms with Gasteiger partial charge in [-0.1, -0.05) is 11.3 Å². The molecule has 1 amide bonds. The summed E-state index contributed by atoms with van der Waals surface area (Å²) in [5.74, 6) is -5.51. The number of carbonyl (C=O) groups is 1. The van der Waals surface area contributed by atoms with E-state index in [4.69, 9.17) is 4.74 Å². The number of carbonyl (C=O) groups excluding carboxylic acids is 1. The average Bonchev–Trinajstić information content (AvgIpc) is 3.15. The van der Waals surface area contributed by atoms with Gasteiger partial charge in [0.05, 0.1) is 5.56 Å². The Balaban J connectivity index is 1.76. The van der Waals surface area contributed by atoms with Crippen LogP contribution in [0.3, 0.4) is 0 Å². The third-order valence-electron chi connectivity index (χ3n) is 3.15. The number of halogens is 3. The van der Waals surface area contributed by atoms with Crippen LogP contribution in [0.25, 0.3) is 0 Å². The zero-order chi connectivity index (χ0) is 15.7. The van der Waals surface area contributed by atoms with Crippen LogP contribution < -0.4 is 5.32 Å². The predicted octanol–water partition coefficient (Wildman–Crippen LogP) is 3.06. The quantitative estimate of drug-likeness (QED) is 0.879. The number of hydrogen-bond acceptors (Lipinski definition) is 5. The molecule has 1 aliphatic heterocycles. The molecule has 1 fully saturated rings. The maximum absolute atomic E-state index is 13.5. The van der Waals surface area contributed by atoms with Crippen molar-refractivity contribution in [3.8, 4) is 0 Å². The Kier molecular flexibility index (Phi) is 4.08. The first kappa shape index (κ1) is 14.9. The molecule has 1 saturated heterocycles. The van der Waals surface area contributed by atoms with Gasteiger partial charge in [-0.15, -0.1) is 10.2 Å². The minimum Gasteiger partial charge on any atom is -0.371 e. The first-order chi connectivity index (χ1) is 10.6. The topological polar surface area (TPSA) is 64.1 Å². The molecule has 2 heterocycles. The van der Waals surface area contributed by atoms with E-state index in [0.29, 0.717) is 17.7 Å². The van der Waals surface area contributed by atoms with E-state index in [0.717, 1.165) is 30.2 Å². The fraction of sp³-hybridized carbons (Fsp3) is 0.308. The summed E-state index contributed by atoms with van der Waals surface area (Å²) < 4.78 is 44.9. The number of rotatable bonds is 3. The third-order valence-corrected chi connectivity index (χ3v) is 4.08. The second-order valence-electron chi connectivity index (χ2n) is 4.62. The van der Waals surface area contributed by atoms with Crippen molar-refractivity contribution in [1.82, 2.24) is 10.2 Å². The fourth-order valence-electron chi connectivity index (χ4n) is 2.05. The zero-order valence-electron chi connectivity index (χ0n) is 11.1. The normalized spacial score (nSPS) is 17.7.